The number of aromatic nitrogens is 1. The lowest BCUT2D eigenvalue weighted by Gasteiger charge is -2.29. The van der Waals surface area contributed by atoms with Crippen LogP contribution < -0.4 is 10.6 Å². The van der Waals surface area contributed by atoms with Crippen molar-refractivity contribution in [2.24, 2.45) is 10.9 Å². The Kier molecular flexibility index (Phi) is 15.4. The zero-order valence-corrected chi connectivity index (χ0v) is 23.1. The van der Waals surface area contributed by atoms with Crippen molar-refractivity contribution in [3.8, 4) is 6.19 Å². The number of anilines is 1. The van der Waals surface area contributed by atoms with Crippen molar-refractivity contribution in [1.29, 1.82) is 5.26 Å². The molecule has 0 spiro atoms. The molecule has 0 aromatic carbocycles. The molecule has 0 unspecified atom stereocenters. The molecule has 1 saturated heterocycles. The highest BCUT2D eigenvalue weighted by atomic mass is 32.2. The largest absolute Gasteiger partial charge is 0.379 e. The maximum Gasteiger partial charge on any atom is 0.209 e. The quantitative estimate of drug-likeness (QED) is 0.0600. The van der Waals surface area contributed by atoms with Crippen LogP contribution in [-0.2, 0) is 9.57 Å². The van der Waals surface area contributed by atoms with Crippen molar-refractivity contribution in [1.82, 2.24) is 19.7 Å². The van der Waals surface area contributed by atoms with Gasteiger partial charge in [-0.3, -0.25) is 25.0 Å². The van der Waals surface area contributed by atoms with Gasteiger partial charge in [-0.05, 0) is 37.3 Å². The average molecular weight is 532 g/mol. The highest BCUT2D eigenvalue weighted by Gasteiger charge is 2.16. The summed E-state index contributed by atoms with van der Waals surface area (Å²) in [6, 6.07) is 3.69. The zero-order chi connectivity index (χ0) is 25.8. The van der Waals surface area contributed by atoms with E-state index in [9.17, 15) is 0 Å². The van der Waals surface area contributed by atoms with Crippen molar-refractivity contribution < 1.29 is 9.57 Å². The van der Waals surface area contributed by atoms with Crippen LogP contribution in [0.5, 0.6) is 0 Å². The first-order valence-electron chi connectivity index (χ1n) is 14.0. The van der Waals surface area contributed by atoms with Crippen molar-refractivity contribution in [3.05, 3.63) is 24.5 Å². The molecule has 2 fully saturated rings. The van der Waals surface area contributed by atoms with Gasteiger partial charge in [-0.25, -0.2) is 0 Å². The molecule has 1 aliphatic carbocycles. The smallest absolute Gasteiger partial charge is 0.209 e. The topological polar surface area (TPSA) is 98.0 Å². The van der Waals surface area contributed by atoms with E-state index in [-0.39, 0.29) is 0 Å². The Morgan fingerprint density at radius 2 is 1.95 bits per heavy atom. The molecule has 1 saturated carbocycles. The SMILES string of the molecule is N#CNC(=NCCCCCCSN(CCN1CCOCC1)OCCC1CCCCC1)Nc1ccncc1. The second-order valence-electron chi connectivity index (χ2n) is 9.71. The monoisotopic (exact) mass is 531 g/mol. The van der Waals surface area contributed by atoms with E-state index >= 15 is 0 Å². The van der Waals surface area contributed by atoms with Crippen LogP contribution in [0.25, 0.3) is 0 Å². The third-order valence-electron chi connectivity index (χ3n) is 6.86. The number of aliphatic imine (C=N–C) groups is 1. The van der Waals surface area contributed by atoms with E-state index in [2.05, 4.69) is 30.0 Å². The second-order valence-corrected chi connectivity index (χ2v) is 10.8. The molecule has 206 valence electrons. The number of nitriles is 1. The highest BCUT2D eigenvalue weighted by molar-refractivity contribution is 7.96. The number of unbranched alkanes of at least 4 members (excludes halogenated alkanes) is 3. The van der Waals surface area contributed by atoms with Gasteiger partial charge < -0.3 is 10.1 Å². The molecule has 0 amide bonds. The molecule has 1 aromatic rings. The molecule has 1 aromatic heterocycles. The highest BCUT2D eigenvalue weighted by Crippen LogP contribution is 2.26. The molecule has 2 aliphatic rings. The summed E-state index contributed by atoms with van der Waals surface area (Å²) in [4.78, 5) is 17.2. The molecule has 0 atom stereocenters. The van der Waals surface area contributed by atoms with E-state index in [0.29, 0.717) is 12.5 Å². The third kappa shape index (κ3) is 13.5. The van der Waals surface area contributed by atoms with Gasteiger partial charge in [-0.1, -0.05) is 56.9 Å². The van der Waals surface area contributed by atoms with Gasteiger partial charge in [-0.15, -0.1) is 4.47 Å². The van der Waals surface area contributed by atoms with Gasteiger partial charge in [0.05, 0.1) is 19.8 Å². The van der Waals surface area contributed by atoms with Gasteiger partial charge in [0.1, 0.15) is 0 Å². The number of ether oxygens (including phenoxy) is 1. The van der Waals surface area contributed by atoms with Gasteiger partial charge >= 0.3 is 0 Å². The fourth-order valence-corrected chi connectivity index (χ4v) is 5.57. The number of hydrogen-bond donors (Lipinski definition) is 2. The number of hydrogen-bond acceptors (Lipinski definition) is 8. The van der Waals surface area contributed by atoms with E-state index in [1.54, 1.807) is 12.4 Å². The summed E-state index contributed by atoms with van der Waals surface area (Å²) in [5.41, 5.74) is 0.854. The number of morpholine rings is 1. The second kappa shape index (κ2) is 19.2. The molecule has 10 heteroatoms. The third-order valence-corrected chi connectivity index (χ3v) is 7.91. The number of hydroxylamine groups is 1. The fourth-order valence-electron chi connectivity index (χ4n) is 4.67. The normalized spacial score (nSPS) is 17.6. The van der Waals surface area contributed by atoms with Gasteiger partial charge in [0.2, 0.25) is 5.96 Å². The fraction of sp³-hybridized carbons (Fsp3) is 0.741. The molecule has 0 bridgehead atoms. The summed E-state index contributed by atoms with van der Waals surface area (Å²) in [6.45, 7) is 7.21. The van der Waals surface area contributed by atoms with E-state index in [4.69, 9.17) is 14.8 Å². The maximum atomic E-state index is 8.97. The molecule has 37 heavy (non-hydrogen) atoms. The first-order chi connectivity index (χ1) is 18.3. The Balaban J connectivity index is 1.29. The molecule has 9 nitrogen and oxygen atoms in total. The summed E-state index contributed by atoms with van der Waals surface area (Å²) in [5, 5.41) is 14.7. The number of guanidine groups is 1. The Morgan fingerprint density at radius 1 is 1.16 bits per heavy atom. The molecule has 1 aliphatic heterocycles. The summed E-state index contributed by atoms with van der Waals surface area (Å²) in [6.07, 6.45) is 17.9. The van der Waals surface area contributed by atoms with Crippen molar-refractivity contribution >= 4 is 23.6 Å². The molecular weight excluding hydrogens is 486 g/mol. The molecule has 3 rings (SSSR count). The zero-order valence-electron chi connectivity index (χ0n) is 22.3. The molecular formula is C27H45N7O2S. The van der Waals surface area contributed by atoms with Crippen LogP contribution in [0.2, 0.25) is 0 Å². The van der Waals surface area contributed by atoms with E-state index in [1.165, 1.54) is 44.9 Å². The number of pyridine rings is 1. The summed E-state index contributed by atoms with van der Waals surface area (Å²) in [5.74, 6) is 2.40. The number of rotatable bonds is 16. The van der Waals surface area contributed by atoms with Crippen LogP contribution in [0, 0.1) is 17.4 Å². The van der Waals surface area contributed by atoms with Crippen molar-refractivity contribution in [2.45, 2.75) is 64.2 Å². The van der Waals surface area contributed by atoms with Gasteiger partial charge in [-0.2, -0.15) is 5.26 Å². The molecule has 0 radical (unpaired) electrons. The average Bonchev–Trinajstić information content (AvgIpc) is 2.94. The summed E-state index contributed by atoms with van der Waals surface area (Å²) < 4.78 is 7.63. The molecule has 2 heterocycles. The lowest BCUT2D eigenvalue weighted by atomic mass is 9.87. The minimum absolute atomic E-state index is 0.477. The van der Waals surface area contributed by atoms with Crippen LogP contribution in [0.4, 0.5) is 5.69 Å². The van der Waals surface area contributed by atoms with E-state index in [1.807, 2.05) is 30.3 Å². The van der Waals surface area contributed by atoms with E-state index < -0.39 is 0 Å². The Morgan fingerprint density at radius 3 is 2.73 bits per heavy atom. The van der Waals surface area contributed by atoms with Gasteiger partial charge in [0.25, 0.3) is 0 Å². The molecule has 2 N–H and O–H groups in total. The Hall–Kier alpha value is -1.90. The van der Waals surface area contributed by atoms with Gasteiger partial charge in [0.15, 0.2) is 6.19 Å². The van der Waals surface area contributed by atoms with Crippen molar-refractivity contribution in [2.75, 3.05) is 63.6 Å². The predicted octanol–water partition coefficient (Wildman–Crippen LogP) is 4.66. The van der Waals surface area contributed by atoms with Crippen LogP contribution in [0.1, 0.15) is 64.2 Å². The van der Waals surface area contributed by atoms with Crippen LogP contribution in [0.3, 0.4) is 0 Å². The van der Waals surface area contributed by atoms with Crippen LogP contribution in [0.15, 0.2) is 29.5 Å². The minimum Gasteiger partial charge on any atom is -0.379 e. The summed E-state index contributed by atoms with van der Waals surface area (Å²) in [7, 11) is 0. The van der Waals surface area contributed by atoms with E-state index in [0.717, 1.165) is 82.6 Å². The lowest BCUT2D eigenvalue weighted by Crippen LogP contribution is -2.40. The standard InChI is InChI=1S/C27H45N7O2S/c28-24-31-27(32-26-10-14-29-15-11-26)30-13-6-1-2-7-23-37-34(17-16-33-18-21-35-22-19-33)36-20-12-25-8-4-3-5-9-25/h10-11,14-15,25H,1-9,12-13,16-23H2,(H2,29,30,31,32). The summed E-state index contributed by atoms with van der Waals surface area (Å²) >= 11 is 1.84. The van der Waals surface area contributed by atoms with Crippen molar-refractivity contribution in [3.63, 3.8) is 0 Å². The van der Waals surface area contributed by atoms with Gasteiger partial charge in [0, 0.05) is 56.6 Å². The van der Waals surface area contributed by atoms with Crippen LogP contribution >= 0.6 is 11.9 Å². The first-order valence-corrected chi connectivity index (χ1v) is 15.0. The number of nitrogens with zero attached hydrogens (tertiary/aromatic N) is 5. The Bertz CT molecular complexity index is 781. The minimum atomic E-state index is 0.477. The first kappa shape index (κ1) is 29.7. The lowest BCUT2D eigenvalue weighted by molar-refractivity contribution is -0.0866. The Labute approximate surface area is 227 Å². The number of nitrogens with one attached hydrogen (secondary N) is 2. The predicted molar refractivity (Wildman–Crippen MR) is 151 cm³/mol. The maximum absolute atomic E-state index is 8.97. The van der Waals surface area contributed by atoms with Crippen LogP contribution in [-0.4, -0.2) is 78.6 Å².